The molecular formula is C13H15ClN2O2. The smallest absolute Gasteiger partial charge is 0.271 e. The van der Waals surface area contributed by atoms with Crippen LogP contribution in [0.2, 0.25) is 5.02 Å². The molecule has 4 nitrogen and oxygen atoms in total. The van der Waals surface area contributed by atoms with E-state index in [0.717, 1.165) is 19.3 Å². The number of aromatic nitrogens is 1. The number of hydrogen-bond donors (Lipinski definition) is 1. The van der Waals surface area contributed by atoms with E-state index >= 15 is 0 Å². The Balaban J connectivity index is 2.35. The van der Waals surface area contributed by atoms with Crippen LogP contribution in [0, 0.1) is 5.41 Å². The number of nitrogens with zero attached hydrogens (tertiary/aromatic N) is 1. The summed E-state index contributed by atoms with van der Waals surface area (Å²) in [4.78, 5) is 24.4. The lowest BCUT2D eigenvalue weighted by Gasteiger charge is -2.39. The maximum Gasteiger partial charge on any atom is 0.271 e. The maximum absolute atomic E-state index is 12.3. The Morgan fingerprint density at radius 2 is 2.00 bits per heavy atom. The summed E-state index contributed by atoms with van der Waals surface area (Å²) in [5.74, 6) is -0.182. The molecular weight excluding hydrogens is 252 g/mol. The summed E-state index contributed by atoms with van der Waals surface area (Å²) in [7, 11) is 0. The van der Waals surface area contributed by atoms with Crippen LogP contribution in [0.5, 0.6) is 0 Å². The number of carbonyl (C=O) groups excluding carboxylic acids is 1. The molecule has 96 valence electrons. The molecule has 0 radical (unpaired) electrons. The van der Waals surface area contributed by atoms with Crippen LogP contribution < -0.4 is 10.9 Å². The lowest BCUT2D eigenvalue weighted by molar-refractivity contribution is 0.0718. The molecule has 1 spiro atoms. The van der Waals surface area contributed by atoms with Gasteiger partial charge in [0.05, 0.1) is 0 Å². The first-order chi connectivity index (χ1) is 8.39. The third-order valence-electron chi connectivity index (χ3n) is 4.43. The predicted molar refractivity (Wildman–Crippen MR) is 68.8 cm³/mol. The van der Waals surface area contributed by atoms with Crippen molar-refractivity contribution in [3.63, 3.8) is 0 Å². The van der Waals surface area contributed by atoms with Crippen LogP contribution in [0.3, 0.4) is 0 Å². The second-order valence-electron chi connectivity index (χ2n) is 5.76. The van der Waals surface area contributed by atoms with Crippen molar-refractivity contribution in [3.05, 3.63) is 33.2 Å². The second kappa shape index (κ2) is 3.38. The Labute approximate surface area is 110 Å². The summed E-state index contributed by atoms with van der Waals surface area (Å²) in [6.45, 7) is 4.17. The predicted octanol–water partition coefficient (Wildman–Crippen LogP) is 2.11. The number of halogens is 1. The molecule has 0 bridgehead atoms. The average Bonchev–Trinajstić information content (AvgIpc) is 2.74. The SMILES string of the molecule is CC1(C)CCCC12NC(=O)c1ccc(Cl)c(=O)n12. The zero-order chi connectivity index (χ0) is 13.1. The highest BCUT2D eigenvalue weighted by Crippen LogP contribution is 2.51. The minimum absolute atomic E-state index is 0.150. The molecule has 3 rings (SSSR count). The molecule has 2 aliphatic rings. The second-order valence-corrected chi connectivity index (χ2v) is 6.17. The standard InChI is InChI=1S/C13H15ClN2O2/c1-12(2)6-3-7-13(12)15-10(17)9-5-4-8(14)11(18)16(9)13/h4-5H,3,6-7H2,1-2H3,(H,15,17). The number of amides is 1. The Kier molecular flexibility index (Phi) is 2.21. The molecule has 1 aromatic heterocycles. The van der Waals surface area contributed by atoms with Gasteiger partial charge in [-0.05, 0) is 31.4 Å². The summed E-state index contributed by atoms with van der Waals surface area (Å²) in [6.07, 6.45) is 2.75. The first kappa shape index (κ1) is 11.8. The quantitative estimate of drug-likeness (QED) is 0.782. The van der Waals surface area contributed by atoms with Gasteiger partial charge in [0.1, 0.15) is 16.4 Å². The number of pyridine rings is 1. The Morgan fingerprint density at radius 3 is 2.61 bits per heavy atom. The first-order valence-corrected chi connectivity index (χ1v) is 6.51. The van der Waals surface area contributed by atoms with Crippen molar-refractivity contribution >= 4 is 17.5 Å². The van der Waals surface area contributed by atoms with E-state index in [1.165, 1.54) is 6.07 Å². The van der Waals surface area contributed by atoms with Gasteiger partial charge in [-0.15, -0.1) is 0 Å². The molecule has 1 fully saturated rings. The summed E-state index contributed by atoms with van der Waals surface area (Å²) in [5.41, 5.74) is -0.619. The highest BCUT2D eigenvalue weighted by molar-refractivity contribution is 6.30. The highest BCUT2D eigenvalue weighted by Gasteiger charge is 2.56. The van der Waals surface area contributed by atoms with Crippen molar-refractivity contribution in [2.24, 2.45) is 5.41 Å². The van der Waals surface area contributed by atoms with Crippen LogP contribution in [0.15, 0.2) is 16.9 Å². The van der Waals surface area contributed by atoms with Crippen molar-refractivity contribution < 1.29 is 4.79 Å². The van der Waals surface area contributed by atoms with Gasteiger partial charge in [-0.3, -0.25) is 14.2 Å². The fourth-order valence-corrected chi connectivity index (χ4v) is 3.50. The molecule has 5 heteroatoms. The summed E-state index contributed by atoms with van der Waals surface area (Å²) < 4.78 is 1.57. The number of rotatable bonds is 0. The Bertz CT molecular complexity index is 605. The normalized spacial score (nSPS) is 28.5. The lowest BCUT2D eigenvalue weighted by Crippen LogP contribution is -2.54. The summed E-state index contributed by atoms with van der Waals surface area (Å²) in [6, 6.07) is 3.12. The Hall–Kier alpha value is -1.29. The molecule has 1 aromatic rings. The molecule has 1 atom stereocenters. The van der Waals surface area contributed by atoms with Gasteiger partial charge in [0.25, 0.3) is 11.5 Å². The van der Waals surface area contributed by atoms with Crippen molar-refractivity contribution in [1.82, 2.24) is 9.88 Å². The molecule has 1 unspecified atom stereocenters. The van der Waals surface area contributed by atoms with Crippen LogP contribution >= 0.6 is 11.6 Å². The van der Waals surface area contributed by atoms with Crippen molar-refractivity contribution in [3.8, 4) is 0 Å². The van der Waals surface area contributed by atoms with Gasteiger partial charge in [-0.1, -0.05) is 25.4 Å². The molecule has 2 heterocycles. The van der Waals surface area contributed by atoms with Crippen molar-refractivity contribution in [2.45, 2.75) is 38.8 Å². The number of hydrogen-bond acceptors (Lipinski definition) is 2. The van der Waals surface area contributed by atoms with Gasteiger partial charge < -0.3 is 5.32 Å². The van der Waals surface area contributed by atoms with E-state index in [0.29, 0.717) is 5.69 Å². The molecule has 1 N–H and O–H groups in total. The van der Waals surface area contributed by atoms with E-state index in [1.54, 1.807) is 10.6 Å². The van der Waals surface area contributed by atoms with Crippen LogP contribution in [-0.4, -0.2) is 10.5 Å². The third-order valence-corrected chi connectivity index (χ3v) is 4.72. The Morgan fingerprint density at radius 1 is 1.28 bits per heavy atom. The molecule has 1 saturated carbocycles. The molecule has 0 aromatic carbocycles. The van der Waals surface area contributed by atoms with Gasteiger partial charge >= 0.3 is 0 Å². The molecule has 0 saturated heterocycles. The van der Waals surface area contributed by atoms with Gasteiger partial charge in [0.2, 0.25) is 0 Å². The fraction of sp³-hybridized carbons (Fsp3) is 0.538. The van der Waals surface area contributed by atoms with E-state index < -0.39 is 5.66 Å². The van der Waals surface area contributed by atoms with Crippen LogP contribution in [0.25, 0.3) is 0 Å². The van der Waals surface area contributed by atoms with E-state index in [1.807, 2.05) is 0 Å². The van der Waals surface area contributed by atoms with E-state index in [9.17, 15) is 9.59 Å². The largest absolute Gasteiger partial charge is 0.327 e. The molecule has 18 heavy (non-hydrogen) atoms. The number of carbonyl (C=O) groups is 1. The molecule has 1 aliphatic carbocycles. The third kappa shape index (κ3) is 1.21. The lowest BCUT2D eigenvalue weighted by atomic mass is 9.81. The van der Waals surface area contributed by atoms with Crippen LogP contribution in [0.4, 0.5) is 0 Å². The highest BCUT2D eigenvalue weighted by atomic mass is 35.5. The summed E-state index contributed by atoms with van der Waals surface area (Å²) >= 11 is 5.92. The topological polar surface area (TPSA) is 51.1 Å². The van der Waals surface area contributed by atoms with Crippen molar-refractivity contribution in [1.29, 1.82) is 0 Å². The zero-order valence-electron chi connectivity index (χ0n) is 10.4. The minimum Gasteiger partial charge on any atom is -0.327 e. The van der Waals surface area contributed by atoms with Gasteiger partial charge in [0.15, 0.2) is 0 Å². The van der Waals surface area contributed by atoms with Crippen LogP contribution in [-0.2, 0) is 5.66 Å². The first-order valence-electron chi connectivity index (χ1n) is 6.14. The van der Waals surface area contributed by atoms with Gasteiger partial charge in [0, 0.05) is 5.41 Å². The van der Waals surface area contributed by atoms with Gasteiger partial charge in [-0.2, -0.15) is 0 Å². The summed E-state index contributed by atoms with van der Waals surface area (Å²) in [5, 5.41) is 3.18. The van der Waals surface area contributed by atoms with Crippen LogP contribution in [0.1, 0.15) is 43.6 Å². The van der Waals surface area contributed by atoms with E-state index in [-0.39, 0.29) is 21.9 Å². The van der Waals surface area contributed by atoms with Crippen molar-refractivity contribution in [2.75, 3.05) is 0 Å². The number of fused-ring (bicyclic) bond motifs is 2. The fourth-order valence-electron chi connectivity index (χ4n) is 3.36. The van der Waals surface area contributed by atoms with Gasteiger partial charge in [-0.25, -0.2) is 0 Å². The van der Waals surface area contributed by atoms with E-state index in [4.69, 9.17) is 11.6 Å². The monoisotopic (exact) mass is 266 g/mol. The minimum atomic E-state index is -0.610. The zero-order valence-corrected chi connectivity index (χ0v) is 11.2. The average molecular weight is 267 g/mol. The number of nitrogens with one attached hydrogen (secondary N) is 1. The molecule has 1 amide bonds. The molecule has 1 aliphatic heterocycles. The maximum atomic E-state index is 12.3. The van der Waals surface area contributed by atoms with E-state index in [2.05, 4.69) is 19.2 Å².